The fraction of sp³-hybridized carbons (Fsp3) is 0.625. The van der Waals surface area contributed by atoms with Gasteiger partial charge in [0.2, 0.25) is 5.91 Å². The van der Waals surface area contributed by atoms with E-state index in [1.807, 2.05) is 12.1 Å². The largest absolute Gasteiger partial charge is 0.357 e. The van der Waals surface area contributed by atoms with Crippen LogP contribution in [0.25, 0.3) is 0 Å². The van der Waals surface area contributed by atoms with Gasteiger partial charge in [-0.25, -0.2) is 13.8 Å². The molecule has 0 atom stereocenters. The highest BCUT2D eigenvalue weighted by Gasteiger charge is 2.37. The Hall–Kier alpha value is -1.24. The number of hydrogen-bond donors (Lipinski definition) is 0. The van der Waals surface area contributed by atoms with Gasteiger partial charge in [-0.3, -0.25) is 4.79 Å². The molecule has 126 valence electrons. The van der Waals surface area contributed by atoms with Gasteiger partial charge in [-0.2, -0.15) is 0 Å². The fourth-order valence-corrected chi connectivity index (χ4v) is 3.46. The second-order valence-electron chi connectivity index (χ2n) is 6.28. The standard InChI is InChI=1S/C16H20BrF2N3O/c17-13-1-2-14(20-11-13)21-7-3-12(4-8-21)15(23)22-9-5-16(18,19)6-10-22/h1-2,11-12H,3-10H2. The van der Waals surface area contributed by atoms with E-state index in [1.165, 1.54) is 0 Å². The van der Waals surface area contributed by atoms with E-state index in [-0.39, 0.29) is 37.8 Å². The van der Waals surface area contributed by atoms with Crippen LogP contribution in [0.4, 0.5) is 14.6 Å². The molecule has 2 aliphatic rings. The summed E-state index contributed by atoms with van der Waals surface area (Å²) in [6.45, 7) is 1.91. The van der Waals surface area contributed by atoms with Crippen LogP contribution in [0.1, 0.15) is 25.7 Å². The number of aromatic nitrogens is 1. The Labute approximate surface area is 143 Å². The van der Waals surface area contributed by atoms with Gasteiger partial charge in [0.25, 0.3) is 5.92 Å². The molecule has 3 heterocycles. The number of carbonyl (C=O) groups excluding carboxylic acids is 1. The molecule has 7 heteroatoms. The number of likely N-dealkylation sites (tertiary alicyclic amines) is 1. The van der Waals surface area contributed by atoms with Crippen molar-refractivity contribution in [2.24, 2.45) is 5.92 Å². The van der Waals surface area contributed by atoms with Gasteiger partial charge >= 0.3 is 0 Å². The third kappa shape index (κ3) is 4.00. The number of anilines is 1. The molecule has 0 N–H and O–H groups in total. The van der Waals surface area contributed by atoms with Crippen molar-refractivity contribution < 1.29 is 13.6 Å². The zero-order valence-electron chi connectivity index (χ0n) is 12.9. The van der Waals surface area contributed by atoms with Crippen molar-refractivity contribution in [3.63, 3.8) is 0 Å². The average Bonchev–Trinajstić information content (AvgIpc) is 2.55. The third-order valence-electron chi connectivity index (χ3n) is 4.69. The molecule has 2 saturated heterocycles. The predicted molar refractivity (Wildman–Crippen MR) is 87.6 cm³/mol. The van der Waals surface area contributed by atoms with Crippen LogP contribution in [0.3, 0.4) is 0 Å². The fourth-order valence-electron chi connectivity index (χ4n) is 3.22. The van der Waals surface area contributed by atoms with Crippen LogP contribution < -0.4 is 4.90 Å². The highest BCUT2D eigenvalue weighted by Crippen LogP contribution is 2.30. The van der Waals surface area contributed by atoms with Gasteiger partial charge in [0, 0.05) is 55.6 Å². The second kappa shape index (κ2) is 6.71. The molecule has 0 aromatic carbocycles. The molecule has 0 saturated carbocycles. The Morgan fingerprint density at radius 2 is 1.83 bits per heavy atom. The molecule has 4 nitrogen and oxygen atoms in total. The van der Waals surface area contributed by atoms with Crippen LogP contribution >= 0.6 is 15.9 Å². The molecule has 0 bridgehead atoms. The number of rotatable bonds is 2. The molecule has 1 aromatic heterocycles. The van der Waals surface area contributed by atoms with Crippen LogP contribution in [-0.2, 0) is 4.79 Å². The van der Waals surface area contributed by atoms with E-state index in [0.717, 1.165) is 36.2 Å². The molecule has 2 fully saturated rings. The average molecular weight is 388 g/mol. The number of pyridine rings is 1. The quantitative estimate of drug-likeness (QED) is 0.780. The van der Waals surface area contributed by atoms with E-state index in [2.05, 4.69) is 25.8 Å². The van der Waals surface area contributed by atoms with E-state index in [1.54, 1.807) is 11.1 Å². The van der Waals surface area contributed by atoms with Gasteiger partial charge in [-0.05, 0) is 40.9 Å². The number of piperidine rings is 2. The minimum atomic E-state index is -2.60. The summed E-state index contributed by atoms with van der Waals surface area (Å²) in [5.41, 5.74) is 0. The lowest BCUT2D eigenvalue weighted by Gasteiger charge is -2.37. The van der Waals surface area contributed by atoms with Crippen LogP contribution in [0.15, 0.2) is 22.8 Å². The monoisotopic (exact) mass is 387 g/mol. The summed E-state index contributed by atoms with van der Waals surface area (Å²) in [5, 5.41) is 0. The zero-order valence-corrected chi connectivity index (χ0v) is 14.4. The summed E-state index contributed by atoms with van der Waals surface area (Å²) in [5.74, 6) is -1.69. The van der Waals surface area contributed by atoms with E-state index < -0.39 is 5.92 Å². The maximum atomic E-state index is 13.2. The lowest BCUT2D eigenvalue weighted by Crippen LogP contribution is -2.47. The Bertz CT molecular complexity index is 549. The van der Waals surface area contributed by atoms with Crippen LogP contribution in [0, 0.1) is 5.92 Å². The molecule has 0 radical (unpaired) electrons. The molecular formula is C16H20BrF2N3O. The van der Waals surface area contributed by atoms with Crippen LogP contribution in [0.5, 0.6) is 0 Å². The van der Waals surface area contributed by atoms with Crippen molar-refractivity contribution in [3.05, 3.63) is 22.8 Å². The molecule has 23 heavy (non-hydrogen) atoms. The minimum Gasteiger partial charge on any atom is -0.357 e. The molecule has 1 aromatic rings. The summed E-state index contributed by atoms with van der Waals surface area (Å²) in [7, 11) is 0. The first-order valence-electron chi connectivity index (χ1n) is 7.98. The van der Waals surface area contributed by atoms with Gasteiger partial charge in [-0.15, -0.1) is 0 Å². The van der Waals surface area contributed by atoms with Gasteiger partial charge in [0.15, 0.2) is 0 Å². The smallest absolute Gasteiger partial charge is 0.251 e. The first-order chi connectivity index (χ1) is 10.9. The van der Waals surface area contributed by atoms with Crippen molar-refractivity contribution in [2.75, 3.05) is 31.1 Å². The maximum absolute atomic E-state index is 13.2. The first-order valence-corrected chi connectivity index (χ1v) is 8.77. The van der Waals surface area contributed by atoms with E-state index in [0.29, 0.717) is 0 Å². The molecule has 2 aliphatic heterocycles. The first kappa shape index (κ1) is 16.6. The number of halogens is 3. The summed E-state index contributed by atoms with van der Waals surface area (Å²) in [4.78, 5) is 20.7. The highest BCUT2D eigenvalue weighted by atomic mass is 79.9. The van der Waals surface area contributed by atoms with E-state index >= 15 is 0 Å². The number of alkyl halides is 2. The van der Waals surface area contributed by atoms with Gasteiger partial charge in [0.05, 0.1) is 0 Å². The number of carbonyl (C=O) groups is 1. The van der Waals surface area contributed by atoms with Gasteiger partial charge in [0.1, 0.15) is 5.82 Å². The van der Waals surface area contributed by atoms with Crippen LogP contribution in [-0.4, -0.2) is 47.9 Å². The van der Waals surface area contributed by atoms with Gasteiger partial charge in [-0.1, -0.05) is 0 Å². The minimum absolute atomic E-state index is 0.0453. The molecule has 3 rings (SSSR count). The summed E-state index contributed by atoms with van der Waals surface area (Å²) < 4.78 is 27.3. The Kier molecular flexibility index (Phi) is 4.85. The lowest BCUT2D eigenvalue weighted by atomic mass is 9.94. The third-order valence-corrected chi connectivity index (χ3v) is 5.16. The van der Waals surface area contributed by atoms with E-state index in [9.17, 15) is 13.6 Å². The SMILES string of the molecule is O=C(C1CCN(c2ccc(Br)cn2)CC1)N1CCC(F)(F)CC1. The molecule has 0 unspecified atom stereocenters. The zero-order chi connectivity index (χ0) is 16.4. The lowest BCUT2D eigenvalue weighted by molar-refractivity contribution is -0.142. The topological polar surface area (TPSA) is 36.4 Å². The number of amides is 1. The van der Waals surface area contributed by atoms with Crippen molar-refractivity contribution in [1.29, 1.82) is 0 Å². The number of nitrogens with zero attached hydrogens (tertiary/aromatic N) is 3. The molecule has 0 aliphatic carbocycles. The van der Waals surface area contributed by atoms with Crippen molar-refractivity contribution >= 4 is 27.7 Å². The van der Waals surface area contributed by atoms with Crippen molar-refractivity contribution in [3.8, 4) is 0 Å². The predicted octanol–water partition coefficient (Wildman–Crippen LogP) is 3.32. The molecular weight excluding hydrogens is 368 g/mol. The summed E-state index contributed by atoms with van der Waals surface area (Å²) >= 11 is 3.37. The Balaban J connectivity index is 1.52. The Morgan fingerprint density at radius 1 is 1.17 bits per heavy atom. The normalized spacial score (nSPS) is 22.2. The summed E-state index contributed by atoms with van der Waals surface area (Å²) in [6.07, 6.45) is 2.86. The second-order valence-corrected chi connectivity index (χ2v) is 7.19. The summed E-state index contributed by atoms with van der Waals surface area (Å²) in [6, 6.07) is 3.91. The maximum Gasteiger partial charge on any atom is 0.251 e. The molecule has 1 amide bonds. The van der Waals surface area contributed by atoms with Crippen molar-refractivity contribution in [1.82, 2.24) is 9.88 Å². The van der Waals surface area contributed by atoms with E-state index in [4.69, 9.17) is 0 Å². The highest BCUT2D eigenvalue weighted by molar-refractivity contribution is 9.10. The van der Waals surface area contributed by atoms with Crippen molar-refractivity contribution in [2.45, 2.75) is 31.6 Å². The van der Waals surface area contributed by atoms with Crippen LogP contribution in [0.2, 0.25) is 0 Å². The number of hydrogen-bond acceptors (Lipinski definition) is 3. The van der Waals surface area contributed by atoms with Gasteiger partial charge < -0.3 is 9.80 Å². The Morgan fingerprint density at radius 3 is 2.39 bits per heavy atom. The molecule has 0 spiro atoms.